The van der Waals surface area contributed by atoms with Crippen molar-refractivity contribution in [1.29, 1.82) is 0 Å². The van der Waals surface area contributed by atoms with E-state index in [1.807, 2.05) is 0 Å². The van der Waals surface area contributed by atoms with E-state index in [-0.39, 0.29) is 24.5 Å². The molecule has 0 radical (unpaired) electrons. The minimum absolute atomic E-state index is 0.0247. The monoisotopic (exact) mass is 285 g/mol. The quantitative estimate of drug-likeness (QED) is 0.569. The normalized spacial score (nSPS) is 15.0. The molecule has 1 saturated carbocycles. The number of carboxylic acids is 1. The van der Waals surface area contributed by atoms with Gasteiger partial charge in [0.15, 0.2) is 0 Å². The highest BCUT2D eigenvalue weighted by Gasteiger charge is 2.27. The van der Waals surface area contributed by atoms with Gasteiger partial charge in [-0.3, -0.25) is 9.59 Å². The van der Waals surface area contributed by atoms with Crippen LogP contribution >= 0.6 is 0 Å². The van der Waals surface area contributed by atoms with E-state index in [2.05, 4.69) is 5.32 Å². The van der Waals surface area contributed by atoms with Crippen LogP contribution in [-0.2, 0) is 9.59 Å². The summed E-state index contributed by atoms with van der Waals surface area (Å²) < 4.78 is 0. The number of nitrogens with two attached hydrogens (primary N) is 1. The number of primary amides is 1. The van der Waals surface area contributed by atoms with E-state index in [1.54, 1.807) is 0 Å². The molecular formula is C13H23N3O4. The highest BCUT2D eigenvalue weighted by atomic mass is 16.4. The fourth-order valence-corrected chi connectivity index (χ4v) is 2.45. The van der Waals surface area contributed by atoms with E-state index in [0.29, 0.717) is 25.8 Å². The van der Waals surface area contributed by atoms with Crippen molar-refractivity contribution in [3.8, 4) is 0 Å². The molecular weight excluding hydrogens is 262 g/mol. The van der Waals surface area contributed by atoms with Crippen LogP contribution in [0.3, 0.4) is 0 Å². The van der Waals surface area contributed by atoms with Crippen LogP contribution in [0.1, 0.15) is 44.9 Å². The summed E-state index contributed by atoms with van der Waals surface area (Å²) in [6, 6.07) is -0.310. The molecule has 0 spiro atoms. The van der Waals surface area contributed by atoms with Gasteiger partial charge in [-0.15, -0.1) is 0 Å². The van der Waals surface area contributed by atoms with Gasteiger partial charge in [0.1, 0.15) is 6.54 Å². The molecule has 114 valence electrons. The second-order valence-electron chi connectivity index (χ2n) is 5.12. The van der Waals surface area contributed by atoms with Gasteiger partial charge in [0.25, 0.3) is 0 Å². The maximum Gasteiger partial charge on any atom is 0.323 e. The Hall–Kier alpha value is -1.79. The lowest BCUT2D eigenvalue weighted by molar-refractivity contribution is -0.138. The number of hydrogen-bond donors (Lipinski definition) is 3. The minimum atomic E-state index is -0.999. The van der Waals surface area contributed by atoms with E-state index in [0.717, 1.165) is 25.7 Å². The molecule has 0 aromatic rings. The molecule has 7 heteroatoms. The summed E-state index contributed by atoms with van der Waals surface area (Å²) in [6.07, 6.45) is 5.37. The molecule has 1 fully saturated rings. The second-order valence-corrected chi connectivity index (χ2v) is 5.12. The number of carbonyl (C=O) groups excluding carboxylic acids is 2. The Morgan fingerprint density at radius 2 is 1.85 bits per heavy atom. The van der Waals surface area contributed by atoms with E-state index in [1.165, 1.54) is 4.90 Å². The number of carboxylic acid groups (broad SMARTS) is 1. The molecule has 0 aromatic heterocycles. The number of carbonyl (C=O) groups is 3. The number of nitrogens with one attached hydrogen (secondary N) is 1. The van der Waals surface area contributed by atoms with Gasteiger partial charge in [-0.05, 0) is 25.7 Å². The number of aliphatic carboxylic acids is 1. The lowest BCUT2D eigenvalue weighted by Gasteiger charge is -2.27. The van der Waals surface area contributed by atoms with Gasteiger partial charge >= 0.3 is 12.0 Å². The summed E-state index contributed by atoms with van der Waals surface area (Å²) in [5.41, 5.74) is 5.02. The molecule has 7 nitrogen and oxygen atoms in total. The Morgan fingerprint density at radius 1 is 1.20 bits per heavy atom. The lowest BCUT2D eigenvalue weighted by Crippen LogP contribution is -2.47. The van der Waals surface area contributed by atoms with E-state index in [9.17, 15) is 14.4 Å². The first-order chi connectivity index (χ1) is 9.50. The fourth-order valence-electron chi connectivity index (χ4n) is 2.45. The first-order valence-electron chi connectivity index (χ1n) is 7.05. The molecule has 0 atom stereocenters. The number of rotatable bonds is 8. The number of hydrogen-bond acceptors (Lipinski definition) is 3. The Labute approximate surface area is 118 Å². The zero-order valence-electron chi connectivity index (χ0n) is 11.6. The third kappa shape index (κ3) is 5.90. The van der Waals surface area contributed by atoms with Crippen molar-refractivity contribution >= 4 is 17.9 Å². The van der Waals surface area contributed by atoms with Crippen LogP contribution in [0, 0.1) is 0 Å². The fraction of sp³-hybridized carbons (Fsp3) is 0.769. The zero-order valence-corrected chi connectivity index (χ0v) is 11.6. The van der Waals surface area contributed by atoms with Gasteiger partial charge in [0.05, 0.1) is 0 Å². The van der Waals surface area contributed by atoms with Crippen LogP contribution in [-0.4, -0.2) is 47.0 Å². The summed E-state index contributed by atoms with van der Waals surface area (Å²) in [7, 11) is 0. The Kier molecular flexibility index (Phi) is 6.83. The van der Waals surface area contributed by atoms with Crippen molar-refractivity contribution in [3.63, 3.8) is 0 Å². The van der Waals surface area contributed by atoms with Crippen molar-refractivity contribution in [2.45, 2.75) is 51.0 Å². The molecule has 1 rings (SSSR count). The molecule has 0 unspecified atom stereocenters. The van der Waals surface area contributed by atoms with Crippen LogP contribution in [0.4, 0.5) is 4.79 Å². The number of amides is 3. The summed E-state index contributed by atoms with van der Waals surface area (Å²) in [5.74, 6) is -1.35. The summed E-state index contributed by atoms with van der Waals surface area (Å²) in [6.45, 7) is 0.159. The van der Waals surface area contributed by atoms with Gasteiger partial charge < -0.3 is 21.1 Å². The summed E-state index contributed by atoms with van der Waals surface area (Å²) in [5, 5.41) is 11.6. The van der Waals surface area contributed by atoms with Gasteiger partial charge in [0.2, 0.25) is 5.91 Å². The number of unbranched alkanes of at least 4 members (excludes halogenated alkanes) is 1. The highest BCUT2D eigenvalue weighted by Crippen LogP contribution is 2.23. The SMILES string of the molecule is NC(=O)CCCCNC(=O)N(CC(=O)O)C1CCCC1. The third-order valence-electron chi connectivity index (χ3n) is 3.46. The van der Waals surface area contributed by atoms with Gasteiger partial charge in [-0.2, -0.15) is 0 Å². The van der Waals surface area contributed by atoms with Crippen molar-refractivity contribution in [2.75, 3.05) is 13.1 Å². The molecule has 1 aliphatic carbocycles. The predicted octanol–water partition coefficient (Wildman–Crippen LogP) is 0.681. The topological polar surface area (TPSA) is 113 Å². The van der Waals surface area contributed by atoms with Gasteiger partial charge in [0, 0.05) is 19.0 Å². The van der Waals surface area contributed by atoms with E-state index < -0.39 is 5.97 Å². The largest absolute Gasteiger partial charge is 0.480 e. The minimum Gasteiger partial charge on any atom is -0.480 e. The van der Waals surface area contributed by atoms with Crippen LogP contribution < -0.4 is 11.1 Å². The van der Waals surface area contributed by atoms with Crippen molar-refractivity contribution in [2.24, 2.45) is 5.73 Å². The van der Waals surface area contributed by atoms with Gasteiger partial charge in [-0.1, -0.05) is 12.8 Å². The zero-order chi connectivity index (χ0) is 15.0. The van der Waals surface area contributed by atoms with Crippen molar-refractivity contribution in [1.82, 2.24) is 10.2 Å². The first kappa shape index (κ1) is 16.3. The Balaban J connectivity index is 2.34. The lowest BCUT2D eigenvalue weighted by atomic mass is 10.2. The molecule has 4 N–H and O–H groups in total. The molecule has 0 heterocycles. The molecule has 20 heavy (non-hydrogen) atoms. The molecule has 0 bridgehead atoms. The summed E-state index contributed by atoms with van der Waals surface area (Å²) in [4.78, 5) is 34.8. The van der Waals surface area contributed by atoms with Crippen molar-refractivity contribution < 1.29 is 19.5 Å². The molecule has 0 saturated heterocycles. The maximum atomic E-state index is 12.0. The Bertz CT molecular complexity index is 354. The van der Waals surface area contributed by atoms with E-state index >= 15 is 0 Å². The average molecular weight is 285 g/mol. The third-order valence-corrected chi connectivity index (χ3v) is 3.46. The maximum absolute atomic E-state index is 12.0. The van der Waals surface area contributed by atoms with Gasteiger partial charge in [-0.25, -0.2) is 4.79 Å². The standard InChI is InChI=1S/C13H23N3O4/c14-11(17)7-3-4-8-15-13(20)16(9-12(18)19)10-5-1-2-6-10/h10H,1-9H2,(H2,14,17)(H,15,20)(H,18,19). The first-order valence-corrected chi connectivity index (χ1v) is 7.05. The molecule has 1 aliphatic rings. The molecule has 3 amide bonds. The smallest absolute Gasteiger partial charge is 0.323 e. The van der Waals surface area contributed by atoms with Crippen LogP contribution in [0.15, 0.2) is 0 Å². The average Bonchev–Trinajstić information content (AvgIpc) is 2.88. The molecule has 0 aliphatic heterocycles. The van der Waals surface area contributed by atoms with Crippen LogP contribution in [0.5, 0.6) is 0 Å². The number of nitrogens with zero attached hydrogens (tertiary/aromatic N) is 1. The molecule has 0 aromatic carbocycles. The Morgan fingerprint density at radius 3 is 2.40 bits per heavy atom. The summed E-state index contributed by atoms with van der Waals surface area (Å²) >= 11 is 0. The predicted molar refractivity (Wildman–Crippen MR) is 73.0 cm³/mol. The van der Waals surface area contributed by atoms with Crippen LogP contribution in [0.2, 0.25) is 0 Å². The van der Waals surface area contributed by atoms with Crippen molar-refractivity contribution in [3.05, 3.63) is 0 Å². The second kappa shape index (κ2) is 8.39. The van der Waals surface area contributed by atoms with Crippen LogP contribution in [0.25, 0.3) is 0 Å². The highest BCUT2D eigenvalue weighted by molar-refractivity contribution is 5.80. The number of urea groups is 1. The van der Waals surface area contributed by atoms with E-state index in [4.69, 9.17) is 10.8 Å².